The average Bonchev–Trinajstić information content (AvgIpc) is 3.23. The van der Waals surface area contributed by atoms with Crippen molar-refractivity contribution in [2.45, 2.75) is 46.1 Å². The number of carbonyl (C=O) groups excluding carboxylic acids is 1. The molecule has 2 aromatic heterocycles. The molecule has 1 amide bonds. The molecular formula is C29H29F3N6O2. The number of fused-ring (bicyclic) bond motifs is 2. The van der Waals surface area contributed by atoms with Gasteiger partial charge in [0.1, 0.15) is 5.69 Å². The van der Waals surface area contributed by atoms with E-state index in [-0.39, 0.29) is 12.0 Å². The lowest BCUT2D eigenvalue weighted by Crippen LogP contribution is -2.41. The third-order valence-electron chi connectivity index (χ3n) is 7.62. The van der Waals surface area contributed by atoms with Crippen molar-refractivity contribution in [3.63, 3.8) is 0 Å². The number of nitrogens with zero attached hydrogens (tertiary/aromatic N) is 6. The van der Waals surface area contributed by atoms with E-state index in [1.165, 1.54) is 12.3 Å². The number of aromatic nitrogens is 4. The van der Waals surface area contributed by atoms with Gasteiger partial charge < -0.3 is 9.64 Å². The van der Waals surface area contributed by atoms with Crippen molar-refractivity contribution in [3.05, 3.63) is 70.7 Å². The summed E-state index contributed by atoms with van der Waals surface area (Å²) in [6, 6.07) is 9.04. The van der Waals surface area contributed by atoms with Gasteiger partial charge in [-0.15, -0.1) is 0 Å². The topological polar surface area (TPSA) is 76.4 Å². The zero-order valence-electron chi connectivity index (χ0n) is 22.5. The molecular weight excluding hydrogens is 521 g/mol. The van der Waals surface area contributed by atoms with Crippen LogP contribution in [0.5, 0.6) is 0 Å². The summed E-state index contributed by atoms with van der Waals surface area (Å²) in [5.74, 6) is 0.319. The maximum atomic E-state index is 13.7. The molecule has 0 aliphatic carbocycles. The van der Waals surface area contributed by atoms with Crippen LogP contribution in [0.4, 0.5) is 18.9 Å². The fourth-order valence-corrected chi connectivity index (χ4v) is 5.53. The summed E-state index contributed by atoms with van der Waals surface area (Å²) in [6.07, 6.45) is -2.84. The van der Waals surface area contributed by atoms with Gasteiger partial charge in [0.2, 0.25) is 0 Å². The summed E-state index contributed by atoms with van der Waals surface area (Å²) >= 11 is 0. The van der Waals surface area contributed by atoms with E-state index in [1.807, 2.05) is 36.7 Å². The number of morpholine rings is 1. The van der Waals surface area contributed by atoms with Gasteiger partial charge in [-0.3, -0.25) is 14.4 Å². The molecule has 0 radical (unpaired) electrons. The Balaban J connectivity index is 1.24. The first-order chi connectivity index (χ1) is 19.1. The molecule has 2 aliphatic heterocycles. The molecule has 1 saturated heterocycles. The molecule has 8 nitrogen and oxygen atoms in total. The third kappa shape index (κ3) is 4.84. The van der Waals surface area contributed by atoms with Crippen LogP contribution in [0.2, 0.25) is 0 Å². The number of anilines is 1. The lowest BCUT2D eigenvalue weighted by Gasteiger charge is -2.30. The minimum absolute atomic E-state index is 0.0869. The standard InChI is InChI=1S/C29H29F3N6O2/c1-17-12-20(27-33-14-21-13-22(29(30,31)32)5-6-23(21)34-27)4-7-25(17)37-8-9-38-26(28(37)39)19(3)24(35-38)16-36-10-11-40-18(2)15-36/h4-7,12-14,18H,8-11,15-16H2,1-3H3/t18-/m0/s1. The van der Waals surface area contributed by atoms with E-state index in [2.05, 4.69) is 21.8 Å². The molecule has 40 heavy (non-hydrogen) atoms. The van der Waals surface area contributed by atoms with Crippen LogP contribution in [0.3, 0.4) is 0 Å². The molecule has 11 heteroatoms. The van der Waals surface area contributed by atoms with Crippen LogP contribution in [0.25, 0.3) is 22.3 Å². The van der Waals surface area contributed by atoms with Crippen molar-refractivity contribution >= 4 is 22.5 Å². The molecule has 208 valence electrons. The molecule has 6 rings (SSSR count). The van der Waals surface area contributed by atoms with Gasteiger partial charge in [0.15, 0.2) is 5.82 Å². The van der Waals surface area contributed by atoms with Gasteiger partial charge in [0.25, 0.3) is 5.91 Å². The van der Waals surface area contributed by atoms with Crippen LogP contribution in [0.15, 0.2) is 42.6 Å². The Kier molecular flexibility index (Phi) is 6.58. The summed E-state index contributed by atoms with van der Waals surface area (Å²) in [5.41, 5.74) is 4.51. The van der Waals surface area contributed by atoms with Crippen molar-refractivity contribution in [3.8, 4) is 11.4 Å². The summed E-state index contributed by atoms with van der Waals surface area (Å²) in [4.78, 5) is 26.6. The molecule has 2 aliphatic rings. The van der Waals surface area contributed by atoms with Gasteiger partial charge in [-0.1, -0.05) is 0 Å². The number of carbonyl (C=O) groups is 1. The van der Waals surface area contributed by atoms with Gasteiger partial charge in [-0.05, 0) is 62.7 Å². The Morgan fingerprint density at radius 1 is 1.07 bits per heavy atom. The van der Waals surface area contributed by atoms with Crippen molar-refractivity contribution < 1.29 is 22.7 Å². The van der Waals surface area contributed by atoms with E-state index in [4.69, 9.17) is 9.84 Å². The molecule has 4 aromatic rings. The predicted molar refractivity (Wildman–Crippen MR) is 144 cm³/mol. The van der Waals surface area contributed by atoms with E-state index in [0.717, 1.165) is 53.3 Å². The van der Waals surface area contributed by atoms with E-state index < -0.39 is 11.7 Å². The second-order valence-corrected chi connectivity index (χ2v) is 10.5. The van der Waals surface area contributed by atoms with Crippen LogP contribution in [-0.2, 0) is 24.0 Å². The molecule has 0 unspecified atom stereocenters. The highest BCUT2D eigenvalue weighted by atomic mass is 19.4. The molecule has 0 N–H and O–H groups in total. The number of benzene rings is 2. The zero-order chi connectivity index (χ0) is 28.2. The number of halogens is 3. The largest absolute Gasteiger partial charge is 0.416 e. The first-order valence-electron chi connectivity index (χ1n) is 13.3. The number of ether oxygens (including phenoxy) is 1. The SMILES string of the molecule is Cc1cc(-c2ncc3cc(C(F)(F)F)ccc3n2)ccc1N1CCn2nc(CN3CCO[C@@H](C)C3)c(C)c2C1=O. The van der Waals surface area contributed by atoms with E-state index in [0.29, 0.717) is 48.7 Å². The molecule has 1 fully saturated rings. The second-order valence-electron chi connectivity index (χ2n) is 10.5. The van der Waals surface area contributed by atoms with Crippen LogP contribution < -0.4 is 4.90 Å². The zero-order valence-corrected chi connectivity index (χ0v) is 22.5. The monoisotopic (exact) mass is 550 g/mol. The third-order valence-corrected chi connectivity index (χ3v) is 7.62. The smallest absolute Gasteiger partial charge is 0.376 e. The molecule has 4 heterocycles. The van der Waals surface area contributed by atoms with Crippen molar-refractivity contribution in [2.75, 3.05) is 31.1 Å². The van der Waals surface area contributed by atoms with Gasteiger partial charge in [0, 0.05) is 54.6 Å². The number of hydrogen-bond donors (Lipinski definition) is 0. The number of amides is 1. The minimum atomic E-state index is -4.43. The van der Waals surface area contributed by atoms with Crippen molar-refractivity contribution in [2.24, 2.45) is 0 Å². The average molecular weight is 551 g/mol. The quantitative estimate of drug-likeness (QED) is 0.356. The number of rotatable bonds is 4. The first kappa shape index (κ1) is 26.4. The molecule has 2 aromatic carbocycles. The Morgan fingerprint density at radius 2 is 1.90 bits per heavy atom. The second kappa shape index (κ2) is 9.97. The number of hydrogen-bond acceptors (Lipinski definition) is 6. The summed E-state index contributed by atoms with van der Waals surface area (Å²) in [6.45, 7) is 10.1. The van der Waals surface area contributed by atoms with E-state index in [9.17, 15) is 18.0 Å². The Hall–Kier alpha value is -3.83. The summed E-state index contributed by atoms with van der Waals surface area (Å²) in [5, 5.41) is 5.10. The Labute approximate surface area is 229 Å². The van der Waals surface area contributed by atoms with Crippen LogP contribution in [0, 0.1) is 13.8 Å². The van der Waals surface area contributed by atoms with Crippen LogP contribution >= 0.6 is 0 Å². The Bertz CT molecular complexity index is 1620. The first-order valence-corrected chi connectivity index (χ1v) is 13.3. The van der Waals surface area contributed by atoms with Gasteiger partial charge in [-0.2, -0.15) is 18.3 Å². The highest BCUT2D eigenvalue weighted by Gasteiger charge is 2.32. The van der Waals surface area contributed by atoms with Crippen LogP contribution in [-0.4, -0.2) is 62.9 Å². The van der Waals surface area contributed by atoms with Crippen molar-refractivity contribution in [1.29, 1.82) is 0 Å². The lowest BCUT2D eigenvalue weighted by atomic mass is 10.1. The highest BCUT2D eigenvalue weighted by Crippen LogP contribution is 2.33. The number of aryl methyl sites for hydroxylation is 1. The summed E-state index contributed by atoms with van der Waals surface area (Å²) < 4.78 is 46.6. The maximum Gasteiger partial charge on any atom is 0.416 e. The molecule has 0 bridgehead atoms. The van der Waals surface area contributed by atoms with Crippen molar-refractivity contribution in [1.82, 2.24) is 24.6 Å². The van der Waals surface area contributed by atoms with E-state index >= 15 is 0 Å². The van der Waals surface area contributed by atoms with Gasteiger partial charge in [-0.25, -0.2) is 9.97 Å². The molecule has 0 spiro atoms. The Morgan fingerprint density at radius 3 is 2.65 bits per heavy atom. The highest BCUT2D eigenvalue weighted by molar-refractivity contribution is 6.07. The number of alkyl halides is 3. The summed E-state index contributed by atoms with van der Waals surface area (Å²) in [7, 11) is 0. The molecule has 1 atom stereocenters. The maximum absolute atomic E-state index is 13.7. The minimum Gasteiger partial charge on any atom is -0.376 e. The fourth-order valence-electron chi connectivity index (χ4n) is 5.53. The molecule has 0 saturated carbocycles. The fraction of sp³-hybridized carbons (Fsp3) is 0.379. The van der Waals surface area contributed by atoms with E-state index in [1.54, 1.807) is 4.90 Å². The van der Waals surface area contributed by atoms with Gasteiger partial charge >= 0.3 is 6.18 Å². The normalized spacial score (nSPS) is 18.4. The van der Waals surface area contributed by atoms with Crippen LogP contribution in [0.1, 0.15) is 39.8 Å². The lowest BCUT2D eigenvalue weighted by molar-refractivity contribution is -0.137. The predicted octanol–water partition coefficient (Wildman–Crippen LogP) is 5.01. The van der Waals surface area contributed by atoms with Gasteiger partial charge in [0.05, 0.1) is 36.0 Å².